The van der Waals surface area contributed by atoms with Crippen LogP contribution < -0.4 is 10.2 Å². The van der Waals surface area contributed by atoms with Crippen LogP contribution in [-0.2, 0) is 19.4 Å². The Bertz CT molecular complexity index is 1280. The molecule has 0 spiro atoms. The molecule has 0 radical (unpaired) electrons. The molecule has 1 aromatic heterocycles. The Morgan fingerprint density at radius 1 is 1.17 bits per heavy atom. The van der Waals surface area contributed by atoms with Gasteiger partial charge >= 0.3 is 0 Å². The van der Waals surface area contributed by atoms with Crippen molar-refractivity contribution in [3.05, 3.63) is 47.5 Å². The van der Waals surface area contributed by atoms with Gasteiger partial charge < -0.3 is 10.2 Å². The van der Waals surface area contributed by atoms with Gasteiger partial charge in [0.1, 0.15) is 0 Å². The summed E-state index contributed by atoms with van der Waals surface area (Å²) in [6.45, 7) is 4.32. The van der Waals surface area contributed by atoms with Crippen molar-refractivity contribution in [3.63, 3.8) is 0 Å². The first-order chi connectivity index (χ1) is 14.1. The summed E-state index contributed by atoms with van der Waals surface area (Å²) in [5.41, 5.74) is 3.65. The third-order valence-corrected chi connectivity index (χ3v) is 7.36. The van der Waals surface area contributed by atoms with E-state index >= 15 is 0 Å². The first-order valence-electron chi connectivity index (χ1n) is 9.41. The molecule has 9 heteroatoms. The van der Waals surface area contributed by atoms with Crippen LogP contribution in [-0.4, -0.2) is 38.0 Å². The number of amides is 2. The summed E-state index contributed by atoms with van der Waals surface area (Å²) >= 11 is 1.21. The lowest BCUT2D eigenvalue weighted by molar-refractivity contribution is -0.122. The Labute approximate surface area is 178 Å². The zero-order valence-electron chi connectivity index (χ0n) is 16.8. The highest BCUT2D eigenvalue weighted by molar-refractivity contribution is 7.90. The number of fused-ring (bicyclic) bond motifs is 1. The molecule has 7 nitrogen and oxygen atoms in total. The molecule has 0 saturated carbocycles. The average Bonchev–Trinajstić information content (AvgIpc) is 3.25. The van der Waals surface area contributed by atoms with Gasteiger partial charge in [0, 0.05) is 24.9 Å². The molecular weight excluding hydrogens is 422 g/mol. The van der Waals surface area contributed by atoms with Crippen LogP contribution in [0, 0.1) is 19.8 Å². The van der Waals surface area contributed by atoms with E-state index in [1.165, 1.54) is 17.4 Å². The predicted octanol–water partition coefficient (Wildman–Crippen LogP) is 3.31. The van der Waals surface area contributed by atoms with Gasteiger partial charge in [-0.25, -0.2) is 13.4 Å². The molecule has 2 amide bonds. The van der Waals surface area contributed by atoms with Crippen molar-refractivity contribution in [2.45, 2.75) is 25.2 Å². The highest BCUT2D eigenvalue weighted by Gasteiger charge is 2.35. The van der Waals surface area contributed by atoms with Crippen molar-refractivity contribution in [1.29, 1.82) is 0 Å². The summed E-state index contributed by atoms with van der Waals surface area (Å²) in [7, 11) is -3.32. The fraction of sp³-hybridized carbons (Fsp3) is 0.286. The van der Waals surface area contributed by atoms with E-state index in [0.29, 0.717) is 21.9 Å². The highest BCUT2D eigenvalue weighted by Crippen LogP contribution is 2.31. The van der Waals surface area contributed by atoms with Crippen LogP contribution in [0.2, 0.25) is 0 Å². The van der Waals surface area contributed by atoms with Crippen molar-refractivity contribution in [3.8, 4) is 0 Å². The van der Waals surface area contributed by atoms with Gasteiger partial charge in [-0.2, -0.15) is 0 Å². The largest absolute Gasteiger partial charge is 0.312 e. The van der Waals surface area contributed by atoms with Gasteiger partial charge in [0.2, 0.25) is 11.8 Å². The summed E-state index contributed by atoms with van der Waals surface area (Å²) in [4.78, 5) is 31.4. The third kappa shape index (κ3) is 3.95. The minimum absolute atomic E-state index is 0.0829. The standard InChI is InChI=1S/C21H21N3O4S2/c1-12-4-5-15(8-13(12)2)24-11-14(9-19(24)25)20(26)23-21-22-17-7-6-16(30(3,27)28)10-18(17)29-21/h4-8,10,14H,9,11H2,1-3H3,(H,22,23,26)/t14-/m0/s1. The van der Waals surface area contributed by atoms with Crippen LogP contribution >= 0.6 is 11.3 Å². The van der Waals surface area contributed by atoms with Gasteiger partial charge in [-0.1, -0.05) is 17.4 Å². The summed E-state index contributed by atoms with van der Waals surface area (Å²) in [5, 5.41) is 3.17. The van der Waals surface area contributed by atoms with E-state index in [1.54, 1.807) is 17.0 Å². The number of carbonyl (C=O) groups excluding carboxylic acids is 2. The number of rotatable bonds is 4. The monoisotopic (exact) mass is 443 g/mol. The summed E-state index contributed by atoms with van der Waals surface area (Å²) in [6.07, 6.45) is 1.29. The normalized spacial score (nSPS) is 17.0. The van der Waals surface area contributed by atoms with Crippen molar-refractivity contribution in [2.75, 3.05) is 23.0 Å². The molecule has 0 aliphatic carbocycles. The second-order valence-electron chi connectivity index (χ2n) is 7.58. The number of sulfone groups is 1. The van der Waals surface area contributed by atoms with Crippen LogP contribution in [0.5, 0.6) is 0 Å². The van der Waals surface area contributed by atoms with E-state index in [-0.39, 0.29) is 23.1 Å². The van der Waals surface area contributed by atoms with Gasteiger partial charge in [-0.3, -0.25) is 9.59 Å². The Balaban J connectivity index is 1.50. The van der Waals surface area contributed by atoms with Crippen molar-refractivity contribution in [1.82, 2.24) is 4.98 Å². The number of hydrogen-bond donors (Lipinski definition) is 1. The number of anilines is 2. The smallest absolute Gasteiger partial charge is 0.231 e. The van der Waals surface area contributed by atoms with Crippen molar-refractivity contribution in [2.24, 2.45) is 5.92 Å². The van der Waals surface area contributed by atoms with Crippen LogP contribution in [0.3, 0.4) is 0 Å². The maximum absolute atomic E-state index is 12.7. The number of nitrogens with zero attached hydrogens (tertiary/aromatic N) is 2. The molecule has 4 rings (SSSR count). The first kappa shape index (κ1) is 20.5. The molecule has 1 atom stereocenters. The highest BCUT2D eigenvalue weighted by atomic mass is 32.2. The Hall–Kier alpha value is -2.78. The second-order valence-corrected chi connectivity index (χ2v) is 10.6. The molecule has 2 aromatic carbocycles. The van der Waals surface area contributed by atoms with E-state index in [0.717, 1.165) is 23.1 Å². The van der Waals surface area contributed by atoms with Gasteiger partial charge in [0.15, 0.2) is 15.0 Å². The number of aromatic nitrogens is 1. The maximum Gasteiger partial charge on any atom is 0.231 e. The Morgan fingerprint density at radius 2 is 1.93 bits per heavy atom. The summed E-state index contributed by atoms with van der Waals surface area (Å²) in [5.74, 6) is -0.824. The molecular formula is C21H21N3O4S2. The molecule has 1 fully saturated rings. The number of thiazole rings is 1. The molecule has 1 aliphatic rings. The topological polar surface area (TPSA) is 96.4 Å². The van der Waals surface area contributed by atoms with E-state index in [2.05, 4.69) is 10.3 Å². The molecule has 0 unspecified atom stereocenters. The van der Waals surface area contributed by atoms with Gasteiger partial charge in [0.25, 0.3) is 0 Å². The minimum Gasteiger partial charge on any atom is -0.312 e. The lowest BCUT2D eigenvalue weighted by Crippen LogP contribution is -2.28. The number of hydrogen-bond acceptors (Lipinski definition) is 6. The number of nitrogens with one attached hydrogen (secondary N) is 1. The van der Waals surface area contributed by atoms with Crippen molar-refractivity contribution < 1.29 is 18.0 Å². The fourth-order valence-electron chi connectivity index (χ4n) is 3.42. The maximum atomic E-state index is 12.7. The predicted molar refractivity (Wildman–Crippen MR) is 118 cm³/mol. The van der Waals surface area contributed by atoms with E-state index in [4.69, 9.17) is 0 Å². The molecule has 156 valence electrons. The lowest BCUT2D eigenvalue weighted by atomic mass is 10.1. The van der Waals surface area contributed by atoms with Gasteiger partial charge in [-0.15, -0.1) is 0 Å². The SMILES string of the molecule is Cc1ccc(N2C[C@@H](C(=O)Nc3nc4ccc(S(C)(=O)=O)cc4s3)CC2=O)cc1C. The van der Waals surface area contributed by atoms with Crippen LogP contribution in [0.25, 0.3) is 10.2 Å². The molecule has 30 heavy (non-hydrogen) atoms. The summed E-state index contributed by atoms with van der Waals surface area (Å²) < 4.78 is 24.1. The van der Waals surface area contributed by atoms with Gasteiger partial charge in [0.05, 0.1) is 21.0 Å². The van der Waals surface area contributed by atoms with Gasteiger partial charge in [-0.05, 0) is 55.3 Å². The summed E-state index contributed by atoms with van der Waals surface area (Å²) in [6, 6.07) is 10.5. The number of carbonyl (C=O) groups is 2. The first-order valence-corrected chi connectivity index (χ1v) is 12.1. The fourth-order valence-corrected chi connectivity index (χ4v) is 5.05. The average molecular weight is 444 g/mol. The third-order valence-electron chi connectivity index (χ3n) is 5.32. The van der Waals surface area contributed by atoms with Crippen LogP contribution in [0.1, 0.15) is 17.5 Å². The van der Waals surface area contributed by atoms with Crippen molar-refractivity contribution >= 4 is 54.0 Å². The zero-order chi connectivity index (χ0) is 21.6. The Morgan fingerprint density at radius 3 is 2.63 bits per heavy atom. The molecule has 3 aromatic rings. The van der Waals surface area contributed by atoms with Crippen LogP contribution in [0.15, 0.2) is 41.3 Å². The van der Waals surface area contributed by atoms with E-state index < -0.39 is 15.8 Å². The molecule has 2 heterocycles. The Kier molecular flexibility index (Phi) is 5.11. The number of benzene rings is 2. The van der Waals surface area contributed by atoms with E-state index in [9.17, 15) is 18.0 Å². The number of aryl methyl sites for hydroxylation is 2. The van der Waals surface area contributed by atoms with Crippen LogP contribution in [0.4, 0.5) is 10.8 Å². The second kappa shape index (κ2) is 7.48. The minimum atomic E-state index is -3.32. The molecule has 1 aliphatic heterocycles. The zero-order valence-corrected chi connectivity index (χ0v) is 18.4. The molecule has 1 N–H and O–H groups in total. The lowest BCUT2D eigenvalue weighted by Gasteiger charge is -2.17. The molecule has 0 bridgehead atoms. The quantitative estimate of drug-likeness (QED) is 0.667. The van der Waals surface area contributed by atoms with E-state index in [1.807, 2.05) is 32.0 Å². The molecule has 1 saturated heterocycles.